The second-order valence-electron chi connectivity index (χ2n) is 5.93. The molecular weight excluding hydrogens is 264 g/mol. The lowest BCUT2D eigenvalue weighted by Crippen LogP contribution is -2.39. The summed E-state index contributed by atoms with van der Waals surface area (Å²) in [5.74, 6) is 0.359. The Kier molecular flexibility index (Phi) is 5.10. The van der Waals surface area contributed by atoms with Gasteiger partial charge >= 0.3 is 5.97 Å². The van der Waals surface area contributed by atoms with Gasteiger partial charge in [-0.15, -0.1) is 0 Å². The minimum Gasteiger partial charge on any atom is -0.462 e. The molecule has 2 unspecified atom stereocenters. The Morgan fingerprint density at radius 2 is 2.10 bits per heavy atom. The van der Waals surface area contributed by atoms with Crippen molar-refractivity contribution in [3.63, 3.8) is 0 Å². The van der Waals surface area contributed by atoms with E-state index in [1.54, 1.807) is 19.1 Å². The zero-order valence-corrected chi connectivity index (χ0v) is 13.3. The van der Waals surface area contributed by atoms with E-state index < -0.39 is 0 Å². The Bertz CT molecular complexity index is 502. The molecule has 1 aliphatic rings. The predicted octanol–water partition coefficient (Wildman–Crippen LogP) is 3.46. The molecule has 1 aromatic rings. The van der Waals surface area contributed by atoms with Gasteiger partial charge < -0.3 is 15.4 Å². The molecule has 4 nitrogen and oxygen atoms in total. The molecule has 0 radical (unpaired) electrons. The van der Waals surface area contributed by atoms with E-state index in [-0.39, 0.29) is 5.97 Å². The first-order chi connectivity index (χ1) is 10.0. The van der Waals surface area contributed by atoms with Crippen molar-refractivity contribution in [3.05, 3.63) is 23.8 Å². The molecule has 116 valence electrons. The molecule has 0 aromatic heterocycles. The molecule has 2 rings (SSSR count). The zero-order valence-electron chi connectivity index (χ0n) is 13.3. The van der Waals surface area contributed by atoms with Crippen molar-refractivity contribution in [2.24, 2.45) is 5.92 Å². The molecule has 4 heteroatoms. The van der Waals surface area contributed by atoms with Crippen molar-refractivity contribution in [2.75, 3.05) is 24.3 Å². The van der Waals surface area contributed by atoms with Crippen LogP contribution in [-0.2, 0) is 4.74 Å². The Morgan fingerprint density at radius 1 is 1.38 bits per heavy atom. The zero-order chi connectivity index (χ0) is 15.4. The summed E-state index contributed by atoms with van der Waals surface area (Å²) >= 11 is 0. The van der Waals surface area contributed by atoms with Crippen LogP contribution in [0.5, 0.6) is 0 Å². The molecule has 0 saturated heterocycles. The van der Waals surface area contributed by atoms with Gasteiger partial charge in [-0.2, -0.15) is 0 Å². The van der Waals surface area contributed by atoms with E-state index >= 15 is 0 Å². The van der Waals surface area contributed by atoms with Crippen LogP contribution in [-0.4, -0.2) is 25.7 Å². The van der Waals surface area contributed by atoms with Crippen LogP contribution in [0, 0.1) is 5.92 Å². The first kappa shape index (κ1) is 15.7. The molecular formula is C17H26N2O2. The van der Waals surface area contributed by atoms with E-state index in [2.05, 4.69) is 18.9 Å². The third-order valence-corrected chi connectivity index (χ3v) is 4.48. The number of benzene rings is 1. The summed E-state index contributed by atoms with van der Waals surface area (Å²) < 4.78 is 5.01. The van der Waals surface area contributed by atoms with Crippen LogP contribution < -0.4 is 10.6 Å². The summed E-state index contributed by atoms with van der Waals surface area (Å²) in [7, 11) is 2.10. The molecule has 0 amide bonds. The first-order valence-electron chi connectivity index (χ1n) is 7.84. The average molecular weight is 290 g/mol. The summed E-state index contributed by atoms with van der Waals surface area (Å²) in [4.78, 5) is 14.0. The number of anilines is 2. The number of ether oxygens (including phenoxy) is 1. The molecule has 2 N–H and O–H groups in total. The highest BCUT2D eigenvalue weighted by Gasteiger charge is 2.26. The molecule has 1 saturated carbocycles. The first-order valence-corrected chi connectivity index (χ1v) is 7.84. The maximum absolute atomic E-state index is 11.7. The number of rotatable bonds is 4. The molecule has 0 aliphatic heterocycles. The van der Waals surface area contributed by atoms with Gasteiger partial charge in [-0.1, -0.05) is 19.8 Å². The molecule has 0 heterocycles. The topological polar surface area (TPSA) is 55.6 Å². The van der Waals surface area contributed by atoms with E-state index in [1.807, 2.05) is 6.07 Å². The van der Waals surface area contributed by atoms with Gasteiger partial charge in [-0.05, 0) is 43.9 Å². The highest BCUT2D eigenvalue weighted by molar-refractivity contribution is 5.92. The molecule has 2 atom stereocenters. The lowest BCUT2D eigenvalue weighted by atomic mass is 9.85. The number of hydrogen-bond donors (Lipinski definition) is 1. The molecule has 0 spiro atoms. The van der Waals surface area contributed by atoms with Gasteiger partial charge in [0, 0.05) is 13.1 Å². The van der Waals surface area contributed by atoms with Gasteiger partial charge in [-0.3, -0.25) is 0 Å². The van der Waals surface area contributed by atoms with Gasteiger partial charge in [0.25, 0.3) is 0 Å². The Hall–Kier alpha value is -1.71. The number of carbonyl (C=O) groups is 1. The fraction of sp³-hybridized carbons (Fsp3) is 0.588. The summed E-state index contributed by atoms with van der Waals surface area (Å²) in [6.07, 6.45) is 5.08. The van der Waals surface area contributed by atoms with Crippen LogP contribution >= 0.6 is 0 Å². The van der Waals surface area contributed by atoms with Crippen molar-refractivity contribution in [3.8, 4) is 0 Å². The smallest absolute Gasteiger partial charge is 0.338 e. The summed E-state index contributed by atoms with van der Waals surface area (Å²) in [6.45, 7) is 4.48. The van der Waals surface area contributed by atoms with Gasteiger partial charge in [0.15, 0.2) is 0 Å². The monoisotopic (exact) mass is 290 g/mol. The van der Waals surface area contributed by atoms with Gasteiger partial charge in [-0.25, -0.2) is 4.79 Å². The third-order valence-electron chi connectivity index (χ3n) is 4.48. The van der Waals surface area contributed by atoms with E-state index in [0.717, 1.165) is 5.69 Å². The Morgan fingerprint density at radius 3 is 2.71 bits per heavy atom. The van der Waals surface area contributed by atoms with Crippen LogP contribution in [0.15, 0.2) is 18.2 Å². The van der Waals surface area contributed by atoms with Crippen LogP contribution in [0.25, 0.3) is 0 Å². The average Bonchev–Trinajstić information content (AvgIpc) is 2.47. The number of nitrogens with two attached hydrogens (primary N) is 1. The van der Waals surface area contributed by atoms with E-state index in [0.29, 0.717) is 29.8 Å². The highest BCUT2D eigenvalue weighted by Crippen LogP contribution is 2.33. The lowest BCUT2D eigenvalue weighted by Gasteiger charge is -2.38. The fourth-order valence-electron chi connectivity index (χ4n) is 3.27. The van der Waals surface area contributed by atoms with Crippen molar-refractivity contribution < 1.29 is 9.53 Å². The Balaban J connectivity index is 2.18. The third kappa shape index (κ3) is 3.49. The Labute approximate surface area is 127 Å². The standard InChI is InChI=1S/C17H26N2O2/c1-4-21-17(20)13-9-10-16(14(18)11-13)19(3)15-8-6-5-7-12(15)2/h9-12,15H,4-8,18H2,1-3H3. The predicted molar refractivity (Wildman–Crippen MR) is 86.6 cm³/mol. The molecule has 1 fully saturated rings. The van der Waals surface area contributed by atoms with E-state index in [9.17, 15) is 4.79 Å². The number of carbonyl (C=O) groups excluding carboxylic acids is 1. The van der Waals surface area contributed by atoms with Crippen molar-refractivity contribution in [1.82, 2.24) is 0 Å². The maximum Gasteiger partial charge on any atom is 0.338 e. The number of hydrogen-bond acceptors (Lipinski definition) is 4. The number of esters is 1. The molecule has 0 bridgehead atoms. The molecule has 1 aliphatic carbocycles. The van der Waals surface area contributed by atoms with E-state index in [4.69, 9.17) is 10.5 Å². The maximum atomic E-state index is 11.7. The largest absolute Gasteiger partial charge is 0.462 e. The van der Waals surface area contributed by atoms with Crippen LogP contribution in [0.3, 0.4) is 0 Å². The lowest BCUT2D eigenvalue weighted by molar-refractivity contribution is 0.0526. The van der Waals surface area contributed by atoms with Gasteiger partial charge in [0.2, 0.25) is 0 Å². The van der Waals surface area contributed by atoms with Gasteiger partial charge in [0.1, 0.15) is 0 Å². The SMILES string of the molecule is CCOC(=O)c1ccc(N(C)C2CCCCC2C)c(N)c1. The minimum atomic E-state index is -0.315. The molecule has 21 heavy (non-hydrogen) atoms. The van der Waals surface area contributed by atoms with Crippen molar-refractivity contribution in [1.29, 1.82) is 0 Å². The summed E-state index contributed by atoms with van der Waals surface area (Å²) in [5.41, 5.74) is 8.32. The summed E-state index contributed by atoms with van der Waals surface area (Å²) in [6, 6.07) is 5.97. The minimum absolute atomic E-state index is 0.315. The summed E-state index contributed by atoms with van der Waals surface area (Å²) in [5, 5.41) is 0. The number of nitrogen functional groups attached to an aromatic ring is 1. The quantitative estimate of drug-likeness (QED) is 0.681. The molecule has 1 aromatic carbocycles. The normalized spacial score (nSPS) is 21.9. The van der Waals surface area contributed by atoms with Crippen LogP contribution in [0.4, 0.5) is 11.4 Å². The number of nitrogens with zero attached hydrogens (tertiary/aromatic N) is 1. The van der Waals surface area contributed by atoms with Crippen LogP contribution in [0.1, 0.15) is 49.9 Å². The second-order valence-corrected chi connectivity index (χ2v) is 5.93. The van der Waals surface area contributed by atoms with Gasteiger partial charge in [0.05, 0.1) is 23.5 Å². The van der Waals surface area contributed by atoms with Crippen molar-refractivity contribution in [2.45, 2.75) is 45.6 Å². The highest BCUT2D eigenvalue weighted by atomic mass is 16.5. The fourth-order valence-corrected chi connectivity index (χ4v) is 3.27. The van der Waals surface area contributed by atoms with Crippen molar-refractivity contribution >= 4 is 17.3 Å². The van der Waals surface area contributed by atoms with E-state index in [1.165, 1.54) is 25.7 Å². The second kappa shape index (κ2) is 6.83. The van der Waals surface area contributed by atoms with Crippen LogP contribution in [0.2, 0.25) is 0 Å².